The maximum atomic E-state index is 13.4. The topological polar surface area (TPSA) is 49.2 Å². The molecule has 3 heterocycles. The fourth-order valence-corrected chi connectivity index (χ4v) is 4.74. The van der Waals surface area contributed by atoms with Gasteiger partial charge in [-0.2, -0.15) is 0 Å². The van der Waals surface area contributed by atoms with Gasteiger partial charge >= 0.3 is 0 Å². The van der Waals surface area contributed by atoms with Crippen molar-refractivity contribution in [3.05, 3.63) is 114 Å². The number of nitrogens with one attached hydrogen (secondary N) is 1. The molecule has 4 nitrogen and oxygen atoms in total. The molecular formula is C28H22N2O2. The summed E-state index contributed by atoms with van der Waals surface area (Å²) in [4.78, 5) is 18.9. The Morgan fingerprint density at radius 3 is 2.62 bits per heavy atom. The van der Waals surface area contributed by atoms with Crippen molar-refractivity contribution >= 4 is 33.9 Å². The van der Waals surface area contributed by atoms with Crippen molar-refractivity contribution in [1.82, 2.24) is 9.88 Å². The fraction of sp³-hybridized carbons (Fsp3) is 0.107. The maximum absolute atomic E-state index is 13.4. The Bertz CT molecular complexity index is 1430. The van der Waals surface area contributed by atoms with Crippen molar-refractivity contribution in [3.63, 3.8) is 0 Å². The number of nitrogens with zero attached hydrogens (tertiary/aromatic N) is 1. The lowest BCUT2D eigenvalue weighted by Crippen LogP contribution is -2.39. The number of H-pyrrole nitrogens is 1. The summed E-state index contributed by atoms with van der Waals surface area (Å²) in [7, 11) is 0. The van der Waals surface area contributed by atoms with Crippen LogP contribution in [0.15, 0.2) is 95.4 Å². The minimum atomic E-state index is -0.300. The average Bonchev–Trinajstić information content (AvgIpc) is 3.44. The first kappa shape index (κ1) is 18.7. The summed E-state index contributed by atoms with van der Waals surface area (Å²) in [5.41, 5.74) is 5.23. The molecule has 0 fully saturated rings. The molecule has 4 heteroatoms. The number of hydrogen-bond donors (Lipinski definition) is 1. The van der Waals surface area contributed by atoms with E-state index >= 15 is 0 Å². The summed E-state index contributed by atoms with van der Waals surface area (Å²) in [6, 6.07) is 28.0. The molecule has 32 heavy (non-hydrogen) atoms. The quantitative estimate of drug-likeness (QED) is 0.360. The summed E-state index contributed by atoms with van der Waals surface area (Å²) >= 11 is 0. The summed E-state index contributed by atoms with van der Waals surface area (Å²) in [5, 5.41) is 2.26. The summed E-state index contributed by atoms with van der Waals surface area (Å²) in [6.07, 6.45) is 4.35. The van der Waals surface area contributed by atoms with Gasteiger partial charge in [0.1, 0.15) is 17.4 Å². The molecular weight excluding hydrogens is 396 g/mol. The number of rotatable bonds is 3. The number of hydrogen-bond acceptors (Lipinski definition) is 2. The highest BCUT2D eigenvalue weighted by Gasteiger charge is 2.35. The first-order chi connectivity index (χ1) is 15.8. The Morgan fingerprint density at radius 2 is 1.75 bits per heavy atom. The third-order valence-corrected chi connectivity index (χ3v) is 6.25. The zero-order valence-corrected chi connectivity index (χ0v) is 17.5. The minimum absolute atomic E-state index is 0.0244. The Balaban J connectivity index is 1.46. The van der Waals surface area contributed by atoms with E-state index in [-0.39, 0.29) is 11.9 Å². The highest BCUT2D eigenvalue weighted by Crippen LogP contribution is 2.40. The standard InChI is InChI=1S/C28H22N2O2/c31-26(15-14-19-8-2-1-3-9-19)30-17-16-22-21-11-5-6-12-23(21)29-27(22)28(30)25-18-20-10-4-7-13-24(20)32-25/h1-15,18,28-29H,16-17H2. The van der Waals surface area contributed by atoms with Crippen LogP contribution in [0.2, 0.25) is 0 Å². The van der Waals surface area contributed by atoms with Gasteiger partial charge in [-0.05, 0) is 41.8 Å². The molecule has 0 spiro atoms. The van der Waals surface area contributed by atoms with Gasteiger partial charge in [0.25, 0.3) is 0 Å². The molecule has 1 N–H and O–H groups in total. The number of furan rings is 1. The van der Waals surface area contributed by atoms with Crippen molar-refractivity contribution in [1.29, 1.82) is 0 Å². The highest BCUT2D eigenvalue weighted by atomic mass is 16.3. The largest absolute Gasteiger partial charge is 0.458 e. The van der Waals surface area contributed by atoms with E-state index in [0.29, 0.717) is 6.54 Å². The van der Waals surface area contributed by atoms with Gasteiger partial charge in [0.05, 0.1) is 5.69 Å². The molecule has 5 aromatic rings. The van der Waals surface area contributed by atoms with Gasteiger partial charge in [-0.25, -0.2) is 0 Å². The van der Waals surface area contributed by atoms with Gasteiger partial charge in [0, 0.05) is 28.9 Å². The number of aromatic amines is 1. The molecule has 1 aliphatic rings. The second kappa shape index (κ2) is 7.57. The number of benzene rings is 3. The van der Waals surface area contributed by atoms with Crippen LogP contribution in [0.1, 0.15) is 28.6 Å². The second-order valence-electron chi connectivity index (χ2n) is 8.18. The third kappa shape index (κ3) is 3.12. The van der Waals surface area contributed by atoms with Gasteiger partial charge in [0.2, 0.25) is 5.91 Å². The average molecular weight is 418 g/mol. The van der Waals surface area contributed by atoms with Crippen LogP contribution in [0.25, 0.3) is 27.9 Å². The zero-order chi connectivity index (χ0) is 21.5. The van der Waals surface area contributed by atoms with Crippen molar-refractivity contribution in [2.75, 3.05) is 6.54 Å². The molecule has 0 bridgehead atoms. The van der Waals surface area contributed by atoms with E-state index in [9.17, 15) is 4.79 Å². The normalized spacial score (nSPS) is 16.1. The molecule has 6 rings (SSSR count). The predicted octanol–water partition coefficient (Wildman–Crippen LogP) is 6.10. The van der Waals surface area contributed by atoms with E-state index in [2.05, 4.69) is 29.2 Å². The van der Waals surface area contributed by atoms with Crippen LogP contribution in [-0.4, -0.2) is 22.3 Å². The number of aromatic nitrogens is 1. The first-order valence-corrected chi connectivity index (χ1v) is 10.9. The van der Waals surface area contributed by atoms with Crippen molar-refractivity contribution in [2.45, 2.75) is 12.5 Å². The summed E-state index contributed by atoms with van der Waals surface area (Å²) in [6.45, 7) is 0.633. The molecule has 0 aliphatic carbocycles. The molecule has 0 saturated heterocycles. The van der Waals surface area contributed by atoms with Gasteiger partial charge in [0.15, 0.2) is 0 Å². The lowest BCUT2D eigenvalue weighted by atomic mass is 9.95. The van der Waals surface area contributed by atoms with Gasteiger partial charge in [-0.1, -0.05) is 66.7 Å². The van der Waals surface area contributed by atoms with Gasteiger partial charge in [-0.15, -0.1) is 0 Å². The molecule has 0 saturated carbocycles. The van der Waals surface area contributed by atoms with E-state index in [0.717, 1.165) is 39.9 Å². The molecule has 2 aromatic heterocycles. The van der Waals surface area contributed by atoms with E-state index < -0.39 is 0 Å². The predicted molar refractivity (Wildman–Crippen MR) is 127 cm³/mol. The van der Waals surface area contributed by atoms with Crippen LogP contribution in [-0.2, 0) is 11.2 Å². The highest BCUT2D eigenvalue weighted by molar-refractivity contribution is 5.93. The van der Waals surface area contributed by atoms with E-state index in [1.54, 1.807) is 6.08 Å². The smallest absolute Gasteiger partial charge is 0.247 e. The molecule has 1 amide bonds. The molecule has 1 aliphatic heterocycles. The minimum Gasteiger partial charge on any atom is -0.458 e. The molecule has 3 aromatic carbocycles. The monoisotopic (exact) mass is 418 g/mol. The van der Waals surface area contributed by atoms with Crippen LogP contribution in [0.3, 0.4) is 0 Å². The molecule has 1 unspecified atom stereocenters. The lowest BCUT2D eigenvalue weighted by Gasteiger charge is -2.34. The Kier molecular flexibility index (Phi) is 4.43. The number of amides is 1. The van der Waals surface area contributed by atoms with Gasteiger partial charge in [-0.3, -0.25) is 4.79 Å². The first-order valence-electron chi connectivity index (χ1n) is 10.9. The van der Waals surface area contributed by atoms with Crippen molar-refractivity contribution in [3.8, 4) is 0 Å². The van der Waals surface area contributed by atoms with E-state index in [1.165, 1.54) is 10.9 Å². The number of carbonyl (C=O) groups is 1. The van der Waals surface area contributed by atoms with Crippen LogP contribution >= 0.6 is 0 Å². The third-order valence-electron chi connectivity index (χ3n) is 6.25. The number of carbonyl (C=O) groups excluding carboxylic acids is 1. The van der Waals surface area contributed by atoms with E-state index in [4.69, 9.17) is 4.42 Å². The Morgan fingerprint density at radius 1 is 0.969 bits per heavy atom. The van der Waals surface area contributed by atoms with Gasteiger partial charge < -0.3 is 14.3 Å². The number of para-hydroxylation sites is 2. The van der Waals surface area contributed by atoms with Crippen molar-refractivity contribution < 1.29 is 9.21 Å². The summed E-state index contributed by atoms with van der Waals surface area (Å²) < 4.78 is 6.27. The number of fused-ring (bicyclic) bond motifs is 4. The Labute approximate surface area is 185 Å². The second-order valence-corrected chi connectivity index (χ2v) is 8.18. The SMILES string of the molecule is O=C(C=Cc1ccccc1)N1CCc2c([nH]c3ccccc23)C1c1cc2ccccc2o1. The molecule has 0 radical (unpaired) electrons. The molecule has 1 atom stereocenters. The van der Waals surface area contributed by atoms with Crippen molar-refractivity contribution in [2.24, 2.45) is 0 Å². The molecule has 156 valence electrons. The van der Waals surface area contributed by atoms with Crippen LogP contribution in [0.4, 0.5) is 0 Å². The van der Waals surface area contributed by atoms with Crippen LogP contribution in [0, 0.1) is 0 Å². The lowest BCUT2D eigenvalue weighted by molar-refractivity contribution is -0.128. The summed E-state index contributed by atoms with van der Waals surface area (Å²) in [5.74, 6) is 0.754. The maximum Gasteiger partial charge on any atom is 0.247 e. The Hall–Kier alpha value is -4.05. The van der Waals surface area contributed by atoms with E-state index in [1.807, 2.05) is 71.6 Å². The zero-order valence-electron chi connectivity index (χ0n) is 17.5. The van der Waals surface area contributed by atoms with Crippen LogP contribution in [0.5, 0.6) is 0 Å². The van der Waals surface area contributed by atoms with Crippen LogP contribution < -0.4 is 0 Å². The fourth-order valence-electron chi connectivity index (χ4n) is 4.74.